The maximum absolute atomic E-state index is 11.9. The molecule has 3 rings (SSSR count). The smallest absolute Gasteiger partial charge is 0.244 e. The van der Waals surface area contributed by atoms with Crippen molar-refractivity contribution in [2.75, 3.05) is 16.8 Å². The van der Waals surface area contributed by atoms with Crippen molar-refractivity contribution in [3.63, 3.8) is 0 Å². The summed E-state index contributed by atoms with van der Waals surface area (Å²) in [7, 11) is 0. The molecule has 1 aliphatic heterocycles. The Kier molecular flexibility index (Phi) is 3.35. The van der Waals surface area contributed by atoms with E-state index in [2.05, 4.69) is 5.32 Å². The predicted molar refractivity (Wildman–Crippen MR) is 89.1 cm³/mol. The minimum absolute atomic E-state index is 0.0526. The highest BCUT2D eigenvalue weighted by Gasteiger charge is 2.24. The summed E-state index contributed by atoms with van der Waals surface area (Å²) >= 11 is 5.16. The summed E-state index contributed by atoms with van der Waals surface area (Å²) in [5.74, 6) is -0.0526. The van der Waals surface area contributed by atoms with Crippen molar-refractivity contribution in [2.45, 2.75) is 6.92 Å². The third kappa shape index (κ3) is 2.48. The number of anilines is 3. The highest BCUT2D eigenvalue weighted by molar-refractivity contribution is 7.80. The van der Waals surface area contributed by atoms with Crippen molar-refractivity contribution in [1.82, 2.24) is 0 Å². The number of nitrogens with two attached hydrogens (primary N) is 1. The van der Waals surface area contributed by atoms with Gasteiger partial charge in [0.05, 0.1) is 17.1 Å². The van der Waals surface area contributed by atoms with Gasteiger partial charge in [-0.3, -0.25) is 4.79 Å². The first-order valence-electron chi connectivity index (χ1n) is 6.63. The van der Waals surface area contributed by atoms with Crippen LogP contribution in [0.15, 0.2) is 42.5 Å². The standard InChI is InChI=1S/C16H15N3OS/c1-10-6-7-13(11(8-10)16(17)21)19-9-15(20)18-12-4-2-3-5-14(12)19/h2-8H,9H2,1H3,(H2,17,21)(H,18,20). The number of hydrogen-bond acceptors (Lipinski definition) is 3. The number of benzene rings is 2. The molecule has 1 aliphatic rings. The van der Waals surface area contributed by atoms with Crippen LogP contribution in [0.2, 0.25) is 0 Å². The topological polar surface area (TPSA) is 58.4 Å². The molecule has 1 heterocycles. The Bertz CT molecular complexity index is 742. The quantitative estimate of drug-likeness (QED) is 0.837. The average molecular weight is 297 g/mol. The fraction of sp³-hybridized carbons (Fsp3) is 0.125. The number of carbonyl (C=O) groups is 1. The Hall–Kier alpha value is -2.40. The SMILES string of the molecule is Cc1ccc(N2CC(=O)Nc3ccccc32)c(C(N)=S)c1. The molecular formula is C16H15N3OS. The molecular weight excluding hydrogens is 282 g/mol. The van der Waals surface area contributed by atoms with Crippen LogP contribution in [0.3, 0.4) is 0 Å². The van der Waals surface area contributed by atoms with E-state index in [1.165, 1.54) is 0 Å². The molecule has 0 spiro atoms. The van der Waals surface area contributed by atoms with Crippen molar-refractivity contribution >= 4 is 40.2 Å². The second kappa shape index (κ2) is 5.18. The van der Waals surface area contributed by atoms with Gasteiger partial charge in [-0.05, 0) is 31.2 Å². The Morgan fingerprint density at radius 3 is 2.76 bits per heavy atom. The van der Waals surface area contributed by atoms with Gasteiger partial charge < -0.3 is 16.0 Å². The van der Waals surface area contributed by atoms with Gasteiger partial charge >= 0.3 is 0 Å². The van der Waals surface area contributed by atoms with Gasteiger partial charge in [0.25, 0.3) is 0 Å². The molecule has 0 saturated heterocycles. The minimum Gasteiger partial charge on any atom is -0.389 e. The lowest BCUT2D eigenvalue weighted by atomic mass is 10.1. The first kappa shape index (κ1) is 13.6. The van der Waals surface area contributed by atoms with Crippen LogP contribution in [-0.4, -0.2) is 17.4 Å². The molecule has 0 saturated carbocycles. The summed E-state index contributed by atoms with van der Waals surface area (Å²) in [5.41, 5.74) is 10.3. The fourth-order valence-corrected chi connectivity index (χ4v) is 2.69. The number of amides is 1. The van der Waals surface area contributed by atoms with Gasteiger partial charge in [-0.2, -0.15) is 0 Å². The summed E-state index contributed by atoms with van der Waals surface area (Å²) in [6.45, 7) is 2.23. The largest absolute Gasteiger partial charge is 0.389 e. The zero-order chi connectivity index (χ0) is 15.0. The molecule has 0 fully saturated rings. The molecule has 0 aliphatic carbocycles. The van der Waals surface area contributed by atoms with E-state index in [0.29, 0.717) is 4.99 Å². The fourth-order valence-electron chi connectivity index (χ4n) is 2.53. The molecule has 106 valence electrons. The van der Waals surface area contributed by atoms with Gasteiger partial charge in [-0.1, -0.05) is 36.0 Å². The summed E-state index contributed by atoms with van der Waals surface area (Å²) < 4.78 is 0. The highest BCUT2D eigenvalue weighted by Crippen LogP contribution is 2.36. The third-order valence-electron chi connectivity index (χ3n) is 3.48. The molecule has 0 atom stereocenters. The van der Waals surface area contributed by atoms with Crippen LogP contribution in [0.25, 0.3) is 0 Å². The molecule has 5 heteroatoms. The van der Waals surface area contributed by atoms with Gasteiger partial charge in [0, 0.05) is 5.56 Å². The summed E-state index contributed by atoms with van der Waals surface area (Å²) in [6, 6.07) is 13.6. The van der Waals surface area contributed by atoms with Gasteiger partial charge in [0.2, 0.25) is 5.91 Å². The van der Waals surface area contributed by atoms with Crippen LogP contribution in [0.5, 0.6) is 0 Å². The first-order valence-corrected chi connectivity index (χ1v) is 7.04. The van der Waals surface area contributed by atoms with E-state index in [0.717, 1.165) is 28.2 Å². The van der Waals surface area contributed by atoms with E-state index in [1.807, 2.05) is 54.3 Å². The van der Waals surface area contributed by atoms with Gasteiger partial charge in [-0.25, -0.2) is 0 Å². The van der Waals surface area contributed by atoms with E-state index in [-0.39, 0.29) is 12.5 Å². The zero-order valence-electron chi connectivity index (χ0n) is 11.6. The number of hydrogen-bond donors (Lipinski definition) is 2. The molecule has 0 aromatic heterocycles. The Labute approximate surface area is 128 Å². The lowest BCUT2D eigenvalue weighted by Crippen LogP contribution is -2.36. The van der Waals surface area contributed by atoms with Gasteiger partial charge in [-0.15, -0.1) is 0 Å². The molecule has 21 heavy (non-hydrogen) atoms. The number of carbonyl (C=O) groups excluding carboxylic acids is 1. The van der Waals surface area contributed by atoms with E-state index in [9.17, 15) is 4.79 Å². The average Bonchev–Trinajstić information content (AvgIpc) is 2.46. The number of fused-ring (bicyclic) bond motifs is 1. The van der Waals surface area contributed by atoms with Crippen molar-refractivity contribution < 1.29 is 4.79 Å². The van der Waals surface area contributed by atoms with E-state index >= 15 is 0 Å². The molecule has 0 radical (unpaired) electrons. The van der Waals surface area contributed by atoms with Crippen LogP contribution in [0.1, 0.15) is 11.1 Å². The maximum atomic E-state index is 11.9. The molecule has 2 aromatic rings. The summed E-state index contributed by atoms with van der Waals surface area (Å²) in [6.07, 6.45) is 0. The molecule has 0 unspecified atom stereocenters. The van der Waals surface area contributed by atoms with E-state index < -0.39 is 0 Å². The molecule has 2 aromatic carbocycles. The first-order chi connectivity index (χ1) is 10.1. The summed E-state index contributed by atoms with van der Waals surface area (Å²) in [4.78, 5) is 14.2. The molecule has 1 amide bonds. The van der Waals surface area contributed by atoms with Crippen LogP contribution < -0.4 is 16.0 Å². The Morgan fingerprint density at radius 2 is 2.00 bits per heavy atom. The van der Waals surface area contributed by atoms with Crippen molar-refractivity contribution in [2.24, 2.45) is 5.73 Å². The number of aryl methyl sites for hydroxylation is 1. The Morgan fingerprint density at radius 1 is 1.24 bits per heavy atom. The minimum atomic E-state index is -0.0526. The molecule has 0 bridgehead atoms. The Balaban J connectivity index is 2.17. The van der Waals surface area contributed by atoms with Crippen LogP contribution in [-0.2, 0) is 4.79 Å². The molecule has 4 nitrogen and oxygen atoms in total. The van der Waals surface area contributed by atoms with Crippen LogP contribution in [0.4, 0.5) is 17.1 Å². The monoisotopic (exact) mass is 297 g/mol. The normalized spacial score (nSPS) is 13.6. The van der Waals surface area contributed by atoms with Crippen LogP contribution in [0, 0.1) is 6.92 Å². The number of thiocarbonyl (C=S) groups is 1. The number of nitrogens with one attached hydrogen (secondary N) is 1. The van der Waals surface area contributed by atoms with Crippen molar-refractivity contribution in [1.29, 1.82) is 0 Å². The lowest BCUT2D eigenvalue weighted by molar-refractivity contribution is -0.115. The molecule has 3 N–H and O–H groups in total. The number of para-hydroxylation sites is 2. The van der Waals surface area contributed by atoms with Crippen LogP contribution >= 0.6 is 12.2 Å². The third-order valence-corrected chi connectivity index (χ3v) is 3.70. The number of rotatable bonds is 2. The van der Waals surface area contributed by atoms with E-state index in [4.69, 9.17) is 18.0 Å². The van der Waals surface area contributed by atoms with Gasteiger partial charge in [0.1, 0.15) is 11.5 Å². The second-order valence-corrected chi connectivity index (χ2v) is 5.48. The number of nitrogens with zero attached hydrogens (tertiary/aromatic N) is 1. The zero-order valence-corrected chi connectivity index (χ0v) is 12.4. The van der Waals surface area contributed by atoms with E-state index in [1.54, 1.807) is 0 Å². The van der Waals surface area contributed by atoms with Crippen molar-refractivity contribution in [3.8, 4) is 0 Å². The second-order valence-electron chi connectivity index (χ2n) is 5.04. The summed E-state index contributed by atoms with van der Waals surface area (Å²) in [5, 5.41) is 2.87. The predicted octanol–water partition coefficient (Wildman–Crippen LogP) is 2.72. The van der Waals surface area contributed by atoms with Crippen molar-refractivity contribution in [3.05, 3.63) is 53.6 Å². The highest BCUT2D eigenvalue weighted by atomic mass is 32.1. The van der Waals surface area contributed by atoms with Gasteiger partial charge in [0.15, 0.2) is 0 Å². The maximum Gasteiger partial charge on any atom is 0.244 e. The lowest BCUT2D eigenvalue weighted by Gasteiger charge is -2.32.